The van der Waals surface area contributed by atoms with Gasteiger partial charge in [-0.15, -0.1) is 0 Å². The van der Waals surface area contributed by atoms with E-state index in [1.807, 2.05) is 35.2 Å². The van der Waals surface area contributed by atoms with E-state index in [1.54, 1.807) is 0 Å². The maximum atomic E-state index is 13.1. The quantitative estimate of drug-likeness (QED) is 0.688. The molecule has 4 rings (SSSR count). The minimum absolute atomic E-state index is 0.0841. The van der Waals surface area contributed by atoms with Crippen molar-refractivity contribution in [2.24, 2.45) is 0 Å². The number of amides is 1. The van der Waals surface area contributed by atoms with E-state index >= 15 is 0 Å². The number of nitriles is 1. The zero-order chi connectivity index (χ0) is 19.5. The first-order valence-corrected chi connectivity index (χ1v) is 9.25. The van der Waals surface area contributed by atoms with Crippen molar-refractivity contribution in [1.82, 2.24) is 9.88 Å². The van der Waals surface area contributed by atoms with Gasteiger partial charge >= 0.3 is 0 Å². The molecule has 0 spiro atoms. The molecular weight excluding hydrogens is 355 g/mol. The molecule has 0 radical (unpaired) electrons. The SMILES string of the molecule is N#Cc1cc(N2CCCN(C(=O)c3ccc(F)cc3)CC2)c2ccccc2n1. The summed E-state index contributed by atoms with van der Waals surface area (Å²) in [5.41, 5.74) is 2.64. The summed E-state index contributed by atoms with van der Waals surface area (Å²) in [6, 6.07) is 17.4. The fourth-order valence-corrected chi connectivity index (χ4v) is 3.61. The largest absolute Gasteiger partial charge is 0.369 e. The van der Waals surface area contributed by atoms with Crippen LogP contribution >= 0.6 is 0 Å². The summed E-state index contributed by atoms with van der Waals surface area (Å²) in [5, 5.41) is 10.3. The highest BCUT2D eigenvalue weighted by molar-refractivity contribution is 5.94. The highest BCUT2D eigenvalue weighted by Gasteiger charge is 2.22. The lowest BCUT2D eigenvalue weighted by molar-refractivity contribution is 0.0767. The van der Waals surface area contributed by atoms with Crippen LogP contribution in [0.2, 0.25) is 0 Å². The van der Waals surface area contributed by atoms with Crippen LogP contribution in [0.25, 0.3) is 10.9 Å². The summed E-state index contributed by atoms with van der Waals surface area (Å²) < 4.78 is 13.1. The number of rotatable bonds is 2. The van der Waals surface area contributed by atoms with Crippen molar-refractivity contribution in [3.8, 4) is 6.07 Å². The van der Waals surface area contributed by atoms with Gasteiger partial charge in [0.25, 0.3) is 5.91 Å². The number of para-hydroxylation sites is 1. The van der Waals surface area contributed by atoms with Gasteiger partial charge in [-0.3, -0.25) is 4.79 Å². The molecule has 0 unspecified atom stereocenters. The van der Waals surface area contributed by atoms with E-state index in [2.05, 4.69) is 16.0 Å². The molecule has 1 fully saturated rings. The van der Waals surface area contributed by atoms with Gasteiger partial charge < -0.3 is 9.80 Å². The summed E-state index contributed by atoms with van der Waals surface area (Å²) in [6.45, 7) is 2.65. The number of nitrogens with zero attached hydrogens (tertiary/aromatic N) is 4. The molecule has 1 aliphatic rings. The second kappa shape index (κ2) is 7.65. The van der Waals surface area contributed by atoms with Crippen molar-refractivity contribution in [2.45, 2.75) is 6.42 Å². The zero-order valence-corrected chi connectivity index (χ0v) is 15.3. The first-order valence-electron chi connectivity index (χ1n) is 9.25. The van der Waals surface area contributed by atoms with Crippen molar-refractivity contribution in [3.63, 3.8) is 0 Å². The van der Waals surface area contributed by atoms with Crippen LogP contribution in [0.15, 0.2) is 54.6 Å². The third-order valence-electron chi connectivity index (χ3n) is 5.02. The predicted molar refractivity (Wildman–Crippen MR) is 106 cm³/mol. The predicted octanol–water partition coefficient (Wildman–Crippen LogP) is 3.60. The highest BCUT2D eigenvalue weighted by Crippen LogP contribution is 2.27. The number of anilines is 1. The Morgan fingerprint density at radius 1 is 1.04 bits per heavy atom. The van der Waals surface area contributed by atoms with Gasteiger partial charge in [0.2, 0.25) is 0 Å². The van der Waals surface area contributed by atoms with Crippen LogP contribution in [0.3, 0.4) is 0 Å². The van der Waals surface area contributed by atoms with Gasteiger partial charge in [-0.25, -0.2) is 9.37 Å². The molecule has 0 saturated carbocycles. The summed E-state index contributed by atoms with van der Waals surface area (Å²) in [7, 11) is 0. The topological polar surface area (TPSA) is 60.2 Å². The second-order valence-electron chi connectivity index (χ2n) is 6.80. The Morgan fingerprint density at radius 2 is 1.82 bits per heavy atom. The van der Waals surface area contributed by atoms with E-state index in [-0.39, 0.29) is 11.7 Å². The molecule has 0 N–H and O–H groups in total. The minimum atomic E-state index is -0.351. The number of aromatic nitrogens is 1. The number of pyridine rings is 1. The Labute approximate surface area is 162 Å². The fourth-order valence-electron chi connectivity index (χ4n) is 3.61. The Balaban J connectivity index is 1.58. The molecule has 1 aromatic heterocycles. The number of hydrogen-bond acceptors (Lipinski definition) is 4. The molecule has 1 saturated heterocycles. The third kappa shape index (κ3) is 3.52. The van der Waals surface area contributed by atoms with Gasteiger partial charge in [0.05, 0.1) is 5.52 Å². The minimum Gasteiger partial charge on any atom is -0.369 e. The Bertz CT molecular complexity index is 1060. The lowest BCUT2D eigenvalue weighted by Crippen LogP contribution is -2.35. The number of carbonyl (C=O) groups excluding carboxylic acids is 1. The van der Waals surface area contributed by atoms with E-state index in [0.717, 1.165) is 29.6 Å². The van der Waals surface area contributed by atoms with Crippen molar-refractivity contribution >= 4 is 22.5 Å². The van der Waals surface area contributed by atoms with E-state index in [1.165, 1.54) is 24.3 Å². The van der Waals surface area contributed by atoms with E-state index < -0.39 is 0 Å². The second-order valence-corrected chi connectivity index (χ2v) is 6.80. The first kappa shape index (κ1) is 17.9. The van der Waals surface area contributed by atoms with Gasteiger partial charge in [-0.05, 0) is 42.8 Å². The maximum absolute atomic E-state index is 13.1. The van der Waals surface area contributed by atoms with E-state index in [9.17, 15) is 14.4 Å². The molecule has 2 heterocycles. The van der Waals surface area contributed by atoms with Crippen LogP contribution in [0.4, 0.5) is 10.1 Å². The molecule has 5 nitrogen and oxygen atoms in total. The zero-order valence-electron chi connectivity index (χ0n) is 15.3. The van der Waals surface area contributed by atoms with E-state index in [4.69, 9.17) is 0 Å². The summed E-state index contributed by atoms with van der Waals surface area (Å²) >= 11 is 0. The van der Waals surface area contributed by atoms with Crippen LogP contribution in [-0.2, 0) is 0 Å². The number of carbonyl (C=O) groups is 1. The van der Waals surface area contributed by atoms with Gasteiger partial charge in [0.1, 0.15) is 17.6 Å². The number of fused-ring (bicyclic) bond motifs is 1. The standard InChI is InChI=1S/C22H19FN4O/c23-17-8-6-16(7-9-17)22(28)27-11-3-10-26(12-13-27)21-14-18(15-24)25-20-5-2-1-4-19(20)21/h1-2,4-9,14H,3,10-13H2. The molecule has 28 heavy (non-hydrogen) atoms. The highest BCUT2D eigenvalue weighted by atomic mass is 19.1. The fraction of sp³-hybridized carbons (Fsp3) is 0.227. The third-order valence-corrected chi connectivity index (χ3v) is 5.02. The molecule has 0 bridgehead atoms. The molecule has 6 heteroatoms. The maximum Gasteiger partial charge on any atom is 0.253 e. The first-order chi connectivity index (χ1) is 13.7. The normalized spacial score (nSPS) is 14.6. The monoisotopic (exact) mass is 374 g/mol. The number of halogens is 1. The Hall–Kier alpha value is -3.46. The lowest BCUT2D eigenvalue weighted by atomic mass is 10.1. The molecule has 1 aliphatic heterocycles. The van der Waals surface area contributed by atoms with Crippen LogP contribution in [-0.4, -0.2) is 42.0 Å². The summed E-state index contributed by atoms with van der Waals surface area (Å²) in [5.74, 6) is -0.435. The Morgan fingerprint density at radius 3 is 2.61 bits per heavy atom. The van der Waals surface area contributed by atoms with Crippen LogP contribution < -0.4 is 4.90 Å². The average molecular weight is 374 g/mol. The molecule has 0 atom stereocenters. The summed E-state index contributed by atoms with van der Waals surface area (Å²) in [6.07, 6.45) is 0.811. The number of hydrogen-bond donors (Lipinski definition) is 0. The van der Waals surface area contributed by atoms with Gasteiger partial charge in [-0.2, -0.15) is 5.26 Å². The van der Waals surface area contributed by atoms with Crippen LogP contribution in [0, 0.1) is 17.1 Å². The molecule has 3 aromatic rings. The van der Waals surface area contributed by atoms with Crippen molar-refractivity contribution in [2.75, 3.05) is 31.1 Å². The molecule has 2 aromatic carbocycles. The van der Waals surface area contributed by atoms with Crippen molar-refractivity contribution < 1.29 is 9.18 Å². The smallest absolute Gasteiger partial charge is 0.253 e. The van der Waals surface area contributed by atoms with Gasteiger partial charge in [0.15, 0.2) is 0 Å². The van der Waals surface area contributed by atoms with Gasteiger partial charge in [-0.1, -0.05) is 18.2 Å². The molecule has 0 aliphatic carbocycles. The van der Waals surface area contributed by atoms with Crippen molar-refractivity contribution in [1.29, 1.82) is 5.26 Å². The van der Waals surface area contributed by atoms with Crippen molar-refractivity contribution in [3.05, 3.63) is 71.7 Å². The molecule has 140 valence electrons. The van der Waals surface area contributed by atoms with Crippen LogP contribution in [0.1, 0.15) is 22.5 Å². The molecular formula is C22H19FN4O. The van der Waals surface area contributed by atoms with Gasteiger partial charge in [0, 0.05) is 42.8 Å². The Kier molecular flexibility index (Phi) is 4.90. The average Bonchev–Trinajstić information content (AvgIpc) is 2.99. The number of benzene rings is 2. The molecule has 1 amide bonds. The van der Waals surface area contributed by atoms with Crippen LogP contribution in [0.5, 0.6) is 0 Å². The summed E-state index contributed by atoms with van der Waals surface area (Å²) in [4.78, 5) is 21.1. The van der Waals surface area contributed by atoms with E-state index in [0.29, 0.717) is 30.9 Å². The lowest BCUT2D eigenvalue weighted by Gasteiger charge is -2.25.